The van der Waals surface area contributed by atoms with Gasteiger partial charge in [0.05, 0.1) is 5.52 Å². The Morgan fingerprint density at radius 2 is 1.73 bits per heavy atom. The molecule has 0 aliphatic carbocycles. The number of aryl methyl sites for hydroxylation is 2. The maximum absolute atomic E-state index is 13.8. The summed E-state index contributed by atoms with van der Waals surface area (Å²) in [7, 11) is 1.82. The number of hydrogen-bond donors (Lipinski definition) is 3. The number of likely N-dealkylation sites (tertiary alicyclic amines) is 1. The van der Waals surface area contributed by atoms with Gasteiger partial charge in [0.1, 0.15) is 17.6 Å². The molecule has 206 valence electrons. The Kier molecular flexibility index (Phi) is 8.04. The number of nitrogens with one attached hydrogen (secondary N) is 2. The second-order valence-electron chi connectivity index (χ2n) is 10.1. The largest absolute Gasteiger partial charge is 0.465 e. The molecule has 0 saturated carbocycles. The van der Waals surface area contributed by atoms with Gasteiger partial charge in [0, 0.05) is 26.1 Å². The molecule has 3 N–H and O–H groups in total. The molecule has 1 saturated heterocycles. The number of aromatic nitrogens is 3. The summed E-state index contributed by atoms with van der Waals surface area (Å²) >= 11 is 0. The minimum atomic E-state index is -1.27. The molecule has 1 fully saturated rings. The summed E-state index contributed by atoms with van der Waals surface area (Å²) < 4.78 is 1.68. The quantitative estimate of drug-likeness (QED) is 0.299. The highest BCUT2D eigenvalue weighted by atomic mass is 16.4. The van der Waals surface area contributed by atoms with Crippen molar-refractivity contribution in [2.75, 3.05) is 6.54 Å². The summed E-state index contributed by atoms with van der Waals surface area (Å²) in [5.74, 6) is -0.711. The summed E-state index contributed by atoms with van der Waals surface area (Å²) in [5, 5.41) is 23.0. The van der Waals surface area contributed by atoms with Crippen molar-refractivity contribution in [2.24, 2.45) is 7.05 Å². The van der Waals surface area contributed by atoms with Crippen LogP contribution in [0.3, 0.4) is 0 Å². The Morgan fingerprint density at radius 3 is 2.45 bits per heavy atom. The highest BCUT2D eigenvalue weighted by Gasteiger charge is 2.42. The molecule has 4 aromatic rings. The van der Waals surface area contributed by atoms with Crippen molar-refractivity contribution in [2.45, 2.75) is 43.8 Å². The molecule has 3 aromatic carbocycles. The molecule has 3 amide bonds. The third kappa shape index (κ3) is 6.12. The highest BCUT2D eigenvalue weighted by Crippen LogP contribution is 2.33. The number of amides is 3. The van der Waals surface area contributed by atoms with Gasteiger partial charge in [0.15, 0.2) is 0 Å². The molecule has 1 aromatic heterocycles. The number of rotatable bonds is 9. The maximum atomic E-state index is 13.8. The van der Waals surface area contributed by atoms with E-state index in [4.69, 9.17) is 0 Å². The van der Waals surface area contributed by atoms with E-state index >= 15 is 0 Å². The molecule has 3 atom stereocenters. The smallest absolute Gasteiger partial charge is 0.405 e. The van der Waals surface area contributed by atoms with E-state index in [1.165, 1.54) is 0 Å². The number of carboxylic acid groups (broad SMARTS) is 1. The molecule has 2 heterocycles. The van der Waals surface area contributed by atoms with Gasteiger partial charge in [-0.25, -0.2) is 9.48 Å². The lowest BCUT2D eigenvalue weighted by atomic mass is 9.96. The van der Waals surface area contributed by atoms with Crippen LogP contribution >= 0.6 is 0 Å². The lowest BCUT2D eigenvalue weighted by Gasteiger charge is -2.28. The molecular formula is C30H32N6O4. The fraction of sp³-hybridized carbons (Fsp3) is 0.300. The average Bonchev–Trinajstić information content (AvgIpc) is 3.58. The summed E-state index contributed by atoms with van der Waals surface area (Å²) in [6.07, 6.45) is -0.0161. The summed E-state index contributed by atoms with van der Waals surface area (Å²) in [5.41, 5.74) is 4.53. The molecule has 0 unspecified atom stereocenters. The van der Waals surface area contributed by atoms with Crippen LogP contribution in [0.4, 0.5) is 4.79 Å². The molecule has 1 aliphatic rings. The first-order chi connectivity index (χ1) is 19.4. The zero-order chi connectivity index (χ0) is 28.1. The second-order valence-corrected chi connectivity index (χ2v) is 10.1. The number of nitrogens with zero attached hydrogens (tertiary/aromatic N) is 4. The Balaban J connectivity index is 1.34. The van der Waals surface area contributed by atoms with Crippen molar-refractivity contribution in [1.29, 1.82) is 0 Å². The van der Waals surface area contributed by atoms with Crippen LogP contribution in [-0.4, -0.2) is 61.5 Å². The van der Waals surface area contributed by atoms with Crippen molar-refractivity contribution in [3.05, 3.63) is 95.6 Å². The minimum Gasteiger partial charge on any atom is -0.465 e. The van der Waals surface area contributed by atoms with E-state index < -0.39 is 24.1 Å². The van der Waals surface area contributed by atoms with Gasteiger partial charge < -0.3 is 20.6 Å². The van der Waals surface area contributed by atoms with Crippen molar-refractivity contribution >= 4 is 28.9 Å². The van der Waals surface area contributed by atoms with Crippen molar-refractivity contribution in [1.82, 2.24) is 30.5 Å². The summed E-state index contributed by atoms with van der Waals surface area (Å²) in [6.45, 7) is 0.598. The first-order valence-electron chi connectivity index (χ1n) is 13.3. The molecular weight excluding hydrogens is 508 g/mol. The number of carbonyl (C=O) groups is 3. The van der Waals surface area contributed by atoms with Crippen LogP contribution in [0.5, 0.6) is 0 Å². The van der Waals surface area contributed by atoms with E-state index in [2.05, 4.69) is 20.9 Å². The molecule has 0 radical (unpaired) electrons. The maximum Gasteiger partial charge on any atom is 0.405 e. The zero-order valence-electron chi connectivity index (χ0n) is 22.2. The molecule has 10 heteroatoms. The van der Waals surface area contributed by atoms with Crippen LogP contribution in [0.15, 0.2) is 78.9 Å². The van der Waals surface area contributed by atoms with Crippen LogP contribution in [0.2, 0.25) is 0 Å². The molecule has 10 nitrogen and oxygen atoms in total. The van der Waals surface area contributed by atoms with E-state index in [-0.39, 0.29) is 24.8 Å². The lowest BCUT2D eigenvalue weighted by Crippen LogP contribution is -2.53. The average molecular weight is 541 g/mol. The molecule has 40 heavy (non-hydrogen) atoms. The van der Waals surface area contributed by atoms with E-state index in [0.29, 0.717) is 19.4 Å². The van der Waals surface area contributed by atoms with Gasteiger partial charge in [0.25, 0.3) is 0 Å². The topological polar surface area (TPSA) is 129 Å². The minimum absolute atomic E-state index is 0.0450. The number of hydrogen-bond acceptors (Lipinski definition) is 5. The monoisotopic (exact) mass is 540 g/mol. The fourth-order valence-corrected chi connectivity index (χ4v) is 5.36. The predicted octanol–water partition coefficient (Wildman–Crippen LogP) is 3.24. The van der Waals surface area contributed by atoms with Crippen LogP contribution in [0.1, 0.15) is 35.4 Å². The van der Waals surface area contributed by atoms with Crippen molar-refractivity contribution < 1.29 is 19.5 Å². The number of fused-ring (bicyclic) bond motifs is 1. The number of benzene rings is 3. The molecule has 5 rings (SSSR count). The number of carbonyl (C=O) groups excluding carboxylic acids is 2. The Labute approximate surface area is 232 Å². The Hall–Kier alpha value is -4.73. The van der Waals surface area contributed by atoms with Crippen LogP contribution in [0, 0.1) is 0 Å². The van der Waals surface area contributed by atoms with Gasteiger partial charge >= 0.3 is 6.09 Å². The Bertz CT molecular complexity index is 1490. The van der Waals surface area contributed by atoms with E-state index in [1.54, 1.807) is 9.58 Å². The van der Waals surface area contributed by atoms with Gasteiger partial charge in [-0.15, -0.1) is 5.10 Å². The SMILES string of the molecule is Cn1nnc2cc(CNC(=O)[C@@H]3C[C@@H](c4ccccc4)CN3C(=O)[C@@H](CCc3ccccc3)NC(=O)O)ccc21. The Morgan fingerprint density at radius 1 is 1.00 bits per heavy atom. The van der Waals surface area contributed by atoms with Crippen LogP contribution in [-0.2, 0) is 29.6 Å². The predicted molar refractivity (Wildman–Crippen MR) is 149 cm³/mol. The van der Waals surface area contributed by atoms with Gasteiger partial charge in [-0.3, -0.25) is 9.59 Å². The van der Waals surface area contributed by atoms with Crippen molar-refractivity contribution in [3.8, 4) is 0 Å². The van der Waals surface area contributed by atoms with Crippen molar-refractivity contribution in [3.63, 3.8) is 0 Å². The van der Waals surface area contributed by atoms with Crippen LogP contribution in [0.25, 0.3) is 11.0 Å². The molecule has 0 spiro atoms. The lowest BCUT2D eigenvalue weighted by molar-refractivity contribution is -0.140. The first-order valence-corrected chi connectivity index (χ1v) is 13.3. The normalized spacial score (nSPS) is 17.5. The summed E-state index contributed by atoms with van der Waals surface area (Å²) in [4.78, 5) is 40.5. The fourth-order valence-electron chi connectivity index (χ4n) is 5.36. The van der Waals surface area contributed by atoms with Gasteiger partial charge in [-0.2, -0.15) is 0 Å². The van der Waals surface area contributed by atoms with Gasteiger partial charge in [-0.1, -0.05) is 71.9 Å². The van der Waals surface area contributed by atoms with Crippen LogP contribution < -0.4 is 10.6 Å². The van der Waals surface area contributed by atoms with Gasteiger partial charge in [0.2, 0.25) is 11.8 Å². The molecule has 0 bridgehead atoms. The standard InChI is InChI=1S/C30H32N6O4/c1-35-26-15-13-21(16-25(26)33-34-35)18-31-28(37)27-17-23(22-10-6-3-7-11-22)19-36(27)29(38)24(32-30(39)40)14-12-20-8-4-2-5-9-20/h2-11,13,15-16,23-24,27,32H,12,14,17-19H2,1H3,(H,31,37)(H,39,40)/t23-,24-,27+/m1/s1. The van der Waals surface area contributed by atoms with E-state index in [9.17, 15) is 19.5 Å². The second kappa shape index (κ2) is 12.0. The zero-order valence-corrected chi connectivity index (χ0v) is 22.2. The van der Waals surface area contributed by atoms with E-state index in [0.717, 1.165) is 27.7 Å². The summed E-state index contributed by atoms with van der Waals surface area (Å²) in [6, 6.07) is 23.4. The third-order valence-corrected chi connectivity index (χ3v) is 7.46. The molecule has 1 aliphatic heterocycles. The first kappa shape index (κ1) is 26.9. The van der Waals surface area contributed by atoms with Gasteiger partial charge in [-0.05, 0) is 48.1 Å². The third-order valence-electron chi connectivity index (χ3n) is 7.46. The van der Waals surface area contributed by atoms with E-state index in [1.807, 2.05) is 85.9 Å². The highest BCUT2D eigenvalue weighted by molar-refractivity contribution is 5.92.